The molecule has 1 unspecified atom stereocenters. The van der Waals surface area contributed by atoms with E-state index in [1.54, 1.807) is 24.0 Å². The highest BCUT2D eigenvalue weighted by molar-refractivity contribution is 9.10. The van der Waals surface area contributed by atoms with Crippen LogP contribution in [0.2, 0.25) is 0 Å². The molecule has 1 atom stereocenters. The van der Waals surface area contributed by atoms with Crippen LogP contribution in [0.15, 0.2) is 58.8 Å². The molecule has 4 heterocycles. The third-order valence-electron chi connectivity index (χ3n) is 6.47. The molecule has 0 fully saturated rings. The van der Waals surface area contributed by atoms with Crippen LogP contribution in [0, 0.1) is 5.82 Å². The highest BCUT2D eigenvalue weighted by atomic mass is 79.9. The summed E-state index contributed by atoms with van der Waals surface area (Å²) in [6.07, 6.45) is 5.03. The number of hydrogen-bond donors (Lipinski definition) is 1. The van der Waals surface area contributed by atoms with Crippen LogP contribution >= 0.6 is 27.3 Å². The molecule has 7 nitrogen and oxygen atoms in total. The summed E-state index contributed by atoms with van der Waals surface area (Å²) in [7, 11) is 0. The summed E-state index contributed by atoms with van der Waals surface area (Å²) in [5, 5.41) is 5.00. The fraction of sp³-hybridized carbons (Fsp3) is 0.200. The molecule has 0 saturated heterocycles. The van der Waals surface area contributed by atoms with Crippen LogP contribution in [-0.4, -0.2) is 31.2 Å². The van der Waals surface area contributed by atoms with Crippen LogP contribution < -0.4 is 5.32 Å². The van der Waals surface area contributed by atoms with Crippen LogP contribution in [0.3, 0.4) is 0 Å². The van der Waals surface area contributed by atoms with Crippen molar-refractivity contribution in [2.24, 2.45) is 0 Å². The second-order valence-electron chi connectivity index (χ2n) is 8.53. The zero-order valence-corrected chi connectivity index (χ0v) is 20.8. The molecule has 0 saturated carbocycles. The molecule has 1 N–H and O–H groups in total. The van der Waals surface area contributed by atoms with Crippen molar-refractivity contribution in [3.05, 3.63) is 87.1 Å². The van der Waals surface area contributed by atoms with Gasteiger partial charge in [0, 0.05) is 39.4 Å². The topological polar surface area (TPSA) is 80.1 Å². The van der Waals surface area contributed by atoms with Gasteiger partial charge >= 0.3 is 0 Å². The number of aryl methyl sites for hydroxylation is 1. The molecule has 4 aromatic rings. The Kier molecular flexibility index (Phi) is 5.49. The van der Waals surface area contributed by atoms with E-state index in [4.69, 9.17) is 0 Å². The van der Waals surface area contributed by atoms with Crippen molar-refractivity contribution in [1.29, 1.82) is 0 Å². The minimum atomic E-state index is -0.997. The molecule has 2 amide bonds. The predicted octanol–water partition coefficient (Wildman–Crippen LogP) is 5.19. The molecule has 10 heteroatoms. The molecule has 176 valence electrons. The van der Waals surface area contributed by atoms with Crippen molar-refractivity contribution in [3.8, 4) is 11.1 Å². The summed E-state index contributed by atoms with van der Waals surface area (Å²) < 4.78 is 18.2. The van der Waals surface area contributed by atoms with E-state index >= 15 is 4.39 Å². The summed E-state index contributed by atoms with van der Waals surface area (Å²) in [5.74, 6) is -1.27. The minimum absolute atomic E-state index is 0.0110. The third kappa shape index (κ3) is 3.86. The maximum atomic E-state index is 15.3. The van der Waals surface area contributed by atoms with Crippen LogP contribution in [0.4, 0.5) is 9.52 Å². The van der Waals surface area contributed by atoms with Gasteiger partial charge in [0.2, 0.25) is 0 Å². The molecule has 6 rings (SSSR count). The molecule has 0 bridgehead atoms. The summed E-state index contributed by atoms with van der Waals surface area (Å²) in [5.41, 5.74) is 3.43. The van der Waals surface area contributed by atoms with E-state index in [2.05, 4.69) is 31.2 Å². The highest BCUT2D eigenvalue weighted by Gasteiger charge is 2.42. The quantitative estimate of drug-likeness (QED) is 0.370. The molecule has 2 aromatic heterocycles. The Morgan fingerprint density at radius 3 is 2.77 bits per heavy atom. The summed E-state index contributed by atoms with van der Waals surface area (Å²) >= 11 is 4.70. The number of hydrogen-bond acceptors (Lipinski definition) is 5. The number of nitrogens with one attached hydrogen (secondary N) is 1. The van der Waals surface area contributed by atoms with E-state index in [1.807, 2.05) is 28.8 Å². The Labute approximate surface area is 212 Å². The van der Waals surface area contributed by atoms with Crippen LogP contribution in [0.1, 0.15) is 39.8 Å². The first-order valence-electron chi connectivity index (χ1n) is 11.1. The Morgan fingerprint density at radius 1 is 1.17 bits per heavy atom. The van der Waals surface area contributed by atoms with Gasteiger partial charge in [-0.2, -0.15) is 0 Å². The molecule has 2 aliphatic heterocycles. The van der Waals surface area contributed by atoms with E-state index in [1.165, 1.54) is 22.3 Å². The van der Waals surface area contributed by atoms with Gasteiger partial charge in [-0.1, -0.05) is 28.1 Å². The molecule has 2 aliphatic rings. The van der Waals surface area contributed by atoms with Gasteiger partial charge in [-0.05, 0) is 48.2 Å². The number of fused-ring (bicyclic) bond motifs is 2. The lowest BCUT2D eigenvalue weighted by Gasteiger charge is -2.26. The lowest BCUT2D eigenvalue weighted by molar-refractivity contribution is -0.121. The van der Waals surface area contributed by atoms with Crippen molar-refractivity contribution < 1.29 is 14.0 Å². The third-order valence-corrected chi connectivity index (χ3v) is 7.68. The molecule has 2 aromatic carbocycles. The highest BCUT2D eigenvalue weighted by Crippen LogP contribution is 2.38. The average Bonchev–Trinajstić information content (AvgIpc) is 3.63. The van der Waals surface area contributed by atoms with Gasteiger partial charge in [0.25, 0.3) is 11.8 Å². The number of amides is 2. The zero-order chi connectivity index (χ0) is 24.1. The Balaban J connectivity index is 1.39. The largest absolute Gasteiger partial charge is 0.334 e. The Morgan fingerprint density at radius 2 is 2.00 bits per heavy atom. The molecular formula is C25H19BrFN5O2S. The number of imidazole rings is 1. The molecule has 0 radical (unpaired) electrons. The summed E-state index contributed by atoms with van der Waals surface area (Å²) in [6.45, 7) is 0.811. The SMILES string of the molecule is O=C(Nc1nccs1)C(c1ncn2c1CCC2)N1Cc2c(F)cc(-c3ccc(Br)cc3)cc2C1=O. The summed E-state index contributed by atoms with van der Waals surface area (Å²) in [4.78, 5) is 37.2. The molecule has 0 spiro atoms. The first-order chi connectivity index (χ1) is 17.0. The van der Waals surface area contributed by atoms with Crippen molar-refractivity contribution in [2.45, 2.75) is 32.0 Å². The smallest absolute Gasteiger partial charge is 0.255 e. The number of anilines is 1. The number of benzene rings is 2. The van der Waals surface area contributed by atoms with Crippen LogP contribution in [0.5, 0.6) is 0 Å². The molecule has 0 aliphatic carbocycles. The normalized spacial score (nSPS) is 15.3. The van der Waals surface area contributed by atoms with Gasteiger partial charge in [0.15, 0.2) is 11.2 Å². The maximum Gasteiger partial charge on any atom is 0.255 e. The van der Waals surface area contributed by atoms with Gasteiger partial charge in [-0.15, -0.1) is 11.3 Å². The fourth-order valence-electron chi connectivity index (χ4n) is 4.81. The molecule has 35 heavy (non-hydrogen) atoms. The lowest BCUT2D eigenvalue weighted by Crippen LogP contribution is -2.38. The average molecular weight is 552 g/mol. The van der Waals surface area contributed by atoms with Crippen LogP contribution in [0.25, 0.3) is 11.1 Å². The van der Waals surface area contributed by atoms with Gasteiger partial charge in [0.1, 0.15) is 5.82 Å². The van der Waals surface area contributed by atoms with E-state index in [-0.39, 0.29) is 12.1 Å². The standard InChI is InChI=1S/C25H19BrFN5O2S/c26-16-5-3-14(4-6-16)15-10-17-18(19(27)11-15)12-32(24(17)34)22(23(33)30-25-28-7-9-35-25)21-20-2-1-8-31(20)13-29-21/h3-7,9-11,13,22H,1-2,8,12H2,(H,28,30,33). The fourth-order valence-corrected chi connectivity index (χ4v) is 5.60. The second-order valence-corrected chi connectivity index (χ2v) is 10.3. The van der Waals surface area contributed by atoms with E-state index in [0.717, 1.165) is 35.1 Å². The lowest BCUT2D eigenvalue weighted by atomic mass is 10.00. The zero-order valence-electron chi connectivity index (χ0n) is 18.4. The van der Waals surface area contributed by atoms with Crippen molar-refractivity contribution in [1.82, 2.24) is 19.4 Å². The second kappa shape index (κ2) is 8.69. The van der Waals surface area contributed by atoms with Gasteiger partial charge in [-0.3, -0.25) is 14.9 Å². The van der Waals surface area contributed by atoms with E-state index in [0.29, 0.717) is 22.0 Å². The minimum Gasteiger partial charge on any atom is -0.334 e. The van der Waals surface area contributed by atoms with E-state index < -0.39 is 23.7 Å². The summed E-state index contributed by atoms with van der Waals surface area (Å²) in [6, 6.07) is 9.61. The number of thiazole rings is 1. The number of rotatable bonds is 5. The maximum absolute atomic E-state index is 15.3. The Bertz CT molecular complexity index is 1450. The number of nitrogens with zero attached hydrogens (tertiary/aromatic N) is 4. The predicted molar refractivity (Wildman–Crippen MR) is 133 cm³/mol. The van der Waals surface area contributed by atoms with E-state index in [9.17, 15) is 9.59 Å². The van der Waals surface area contributed by atoms with Crippen LogP contribution in [-0.2, 0) is 24.3 Å². The monoisotopic (exact) mass is 551 g/mol. The van der Waals surface area contributed by atoms with Gasteiger partial charge in [-0.25, -0.2) is 14.4 Å². The van der Waals surface area contributed by atoms with Gasteiger partial charge in [0.05, 0.1) is 18.6 Å². The van der Waals surface area contributed by atoms with Gasteiger partial charge < -0.3 is 9.47 Å². The molecular weight excluding hydrogens is 533 g/mol. The van der Waals surface area contributed by atoms with Crippen molar-refractivity contribution >= 4 is 44.2 Å². The van der Waals surface area contributed by atoms with Crippen molar-refractivity contribution in [2.75, 3.05) is 5.32 Å². The number of carbonyl (C=O) groups excluding carboxylic acids is 2. The first kappa shape index (κ1) is 22.1. The first-order valence-corrected chi connectivity index (χ1v) is 12.8. The van der Waals surface area contributed by atoms with Crippen molar-refractivity contribution in [3.63, 3.8) is 0 Å². The Hall–Kier alpha value is -3.37. The number of halogens is 2. The number of aromatic nitrogens is 3. The number of carbonyl (C=O) groups is 2.